The maximum atomic E-state index is 13.2. The second-order valence-corrected chi connectivity index (χ2v) is 8.90. The Morgan fingerprint density at radius 1 is 1.20 bits per heavy atom. The van der Waals surface area contributed by atoms with Crippen LogP contribution in [0.25, 0.3) is 0 Å². The van der Waals surface area contributed by atoms with Gasteiger partial charge in [-0.15, -0.1) is 11.3 Å². The van der Waals surface area contributed by atoms with Crippen LogP contribution in [-0.4, -0.2) is 31.1 Å². The summed E-state index contributed by atoms with van der Waals surface area (Å²) in [5.41, 5.74) is 0.949. The first-order chi connectivity index (χ1) is 14.4. The number of carbonyl (C=O) groups is 2. The highest BCUT2D eigenvalue weighted by molar-refractivity contribution is 7.18. The Morgan fingerprint density at radius 2 is 1.97 bits per heavy atom. The lowest BCUT2D eigenvalue weighted by molar-refractivity contribution is 0.0273. The second kappa shape index (κ2) is 10.9. The van der Waals surface area contributed by atoms with Gasteiger partial charge in [-0.2, -0.15) is 0 Å². The van der Waals surface area contributed by atoms with Gasteiger partial charge < -0.3 is 15.4 Å². The number of ether oxygens (including phenoxy) is 1. The van der Waals surface area contributed by atoms with Gasteiger partial charge in [-0.3, -0.25) is 9.59 Å². The summed E-state index contributed by atoms with van der Waals surface area (Å²) in [5.74, 6) is -1.13. The Balaban J connectivity index is 1.47. The zero-order chi connectivity index (χ0) is 21.5. The van der Waals surface area contributed by atoms with Gasteiger partial charge in [0.25, 0.3) is 11.8 Å². The van der Waals surface area contributed by atoms with Crippen molar-refractivity contribution < 1.29 is 18.7 Å². The fourth-order valence-corrected chi connectivity index (χ4v) is 4.70. The summed E-state index contributed by atoms with van der Waals surface area (Å²) >= 11 is 7.13. The van der Waals surface area contributed by atoms with Gasteiger partial charge in [0.2, 0.25) is 0 Å². The van der Waals surface area contributed by atoms with Gasteiger partial charge in [-0.05, 0) is 56.0 Å². The number of carbonyl (C=O) groups excluding carboxylic acids is 2. The monoisotopic (exact) mass is 452 g/mol. The quantitative estimate of drug-likeness (QED) is 0.514. The van der Waals surface area contributed by atoms with Crippen LogP contribution in [-0.2, 0) is 4.74 Å². The molecule has 0 bridgehead atoms. The third-order valence-electron chi connectivity index (χ3n) is 5.05. The Hall–Kier alpha value is -1.96. The zero-order valence-corrected chi connectivity index (χ0v) is 18.5. The highest BCUT2D eigenvalue weighted by Crippen LogP contribution is 2.28. The van der Waals surface area contributed by atoms with E-state index in [-0.39, 0.29) is 16.5 Å². The van der Waals surface area contributed by atoms with E-state index in [1.165, 1.54) is 42.7 Å². The van der Waals surface area contributed by atoms with Crippen LogP contribution in [0, 0.1) is 12.7 Å². The largest absolute Gasteiger partial charge is 0.378 e. The van der Waals surface area contributed by atoms with Crippen molar-refractivity contribution in [2.24, 2.45) is 0 Å². The van der Waals surface area contributed by atoms with Crippen molar-refractivity contribution in [3.05, 3.63) is 51.1 Å². The fraction of sp³-hybridized carbons (Fsp3) is 0.455. The van der Waals surface area contributed by atoms with Crippen LogP contribution in [0.4, 0.5) is 9.39 Å². The van der Waals surface area contributed by atoms with Gasteiger partial charge in [0.15, 0.2) is 0 Å². The number of halogens is 2. The molecule has 0 radical (unpaired) electrons. The van der Waals surface area contributed by atoms with Crippen LogP contribution in [0.15, 0.2) is 24.3 Å². The molecule has 1 heterocycles. The van der Waals surface area contributed by atoms with E-state index in [2.05, 4.69) is 10.6 Å². The Labute approximate surface area is 185 Å². The standard InChI is InChI=1S/C22H26ClFN2O3S/c1-14-12-19(26-21(27)17-9-8-15(24)13-18(17)23)30-20(14)22(28)25-10-5-11-29-16-6-3-2-4-7-16/h8-9,12-13,16H,2-7,10-11H2,1H3,(H,25,28)(H,26,27). The number of benzene rings is 1. The first-order valence-corrected chi connectivity index (χ1v) is 11.4. The third-order valence-corrected chi connectivity index (χ3v) is 6.51. The predicted octanol–water partition coefficient (Wildman–Crippen LogP) is 5.57. The van der Waals surface area contributed by atoms with E-state index in [1.54, 1.807) is 6.07 Å². The summed E-state index contributed by atoms with van der Waals surface area (Å²) in [7, 11) is 0. The summed E-state index contributed by atoms with van der Waals surface area (Å²) < 4.78 is 19.0. The SMILES string of the molecule is Cc1cc(NC(=O)c2ccc(F)cc2Cl)sc1C(=O)NCCCOC1CCCCC1. The fourth-order valence-electron chi connectivity index (χ4n) is 3.46. The van der Waals surface area contributed by atoms with Gasteiger partial charge >= 0.3 is 0 Å². The van der Waals surface area contributed by atoms with Crippen LogP contribution in [0.5, 0.6) is 0 Å². The summed E-state index contributed by atoms with van der Waals surface area (Å²) in [5, 5.41) is 6.19. The number of thiophene rings is 1. The minimum atomic E-state index is -0.508. The molecule has 0 atom stereocenters. The molecule has 0 unspecified atom stereocenters. The lowest BCUT2D eigenvalue weighted by Crippen LogP contribution is -2.26. The Kier molecular flexibility index (Phi) is 8.24. The second-order valence-electron chi connectivity index (χ2n) is 7.44. The van der Waals surface area contributed by atoms with Crippen molar-refractivity contribution in [1.82, 2.24) is 5.32 Å². The molecule has 1 aliphatic rings. The Bertz CT molecular complexity index is 897. The molecular weight excluding hydrogens is 427 g/mol. The van der Waals surface area contributed by atoms with Crippen LogP contribution >= 0.6 is 22.9 Å². The maximum absolute atomic E-state index is 13.2. The number of hydrogen-bond donors (Lipinski definition) is 2. The van der Waals surface area contributed by atoms with Crippen molar-refractivity contribution >= 4 is 39.8 Å². The smallest absolute Gasteiger partial charge is 0.261 e. The number of aryl methyl sites for hydroxylation is 1. The average molecular weight is 453 g/mol. The van der Waals surface area contributed by atoms with Crippen LogP contribution in [0.2, 0.25) is 5.02 Å². The molecule has 30 heavy (non-hydrogen) atoms. The highest BCUT2D eigenvalue weighted by Gasteiger charge is 2.17. The van der Waals surface area contributed by atoms with E-state index in [1.807, 2.05) is 6.92 Å². The minimum Gasteiger partial charge on any atom is -0.378 e. The number of anilines is 1. The molecule has 1 aromatic heterocycles. The molecule has 5 nitrogen and oxygen atoms in total. The lowest BCUT2D eigenvalue weighted by atomic mass is 9.98. The number of amides is 2. The molecule has 2 aromatic rings. The molecule has 3 rings (SSSR count). The molecule has 0 spiro atoms. The number of nitrogens with one attached hydrogen (secondary N) is 2. The van der Waals surface area contributed by atoms with E-state index in [0.29, 0.717) is 29.1 Å². The molecule has 162 valence electrons. The molecule has 1 aromatic carbocycles. The average Bonchev–Trinajstić information content (AvgIpc) is 3.08. The molecule has 1 saturated carbocycles. The minimum absolute atomic E-state index is 0.0363. The van der Waals surface area contributed by atoms with Gasteiger partial charge in [0.05, 0.1) is 26.6 Å². The van der Waals surface area contributed by atoms with Gasteiger partial charge in [-0.25, -0.2) is 4.39 Å². The summed E-state index contributed by atoms with van der Waals surface area (Å²) in [6, 6.07) is 5.34. The van der Waals surface area contributed by atoms with Gasteiger partial charge in [0, 0.05) is 13.2 Å². The lowest BCUT2D eigenvalue weighted by Gasteiger charge is -2.21. The van der Waals surface area contributed by atoms with Crippen LogP contribution in [0.3, 0.4) is 0 Å². The Morgan fingerprint density at radius 3 is 2.70 bits per heavy atom. The third kappa shape index (κ3) is 6.27. The van der Waals surface area contributed by atoms with E-state index >= 15 is 0 Å². The van der Waals surface area contributed by atoms with Crippen LogP contribution in [0.1, 0.15) is 64.1 Å². The summed E-state index contributed by atoms with van der Waals surface area (Å²) in [4.78, 5) is 25.4. The van der Waals surface area contributed by atoms with Crippen molar-refractivity contribution in [3.63, 3.8) is 0 Å². The molecule has 0 saturated heterocycles. The van der Waals surface area contributed by atoms with Gasteiger partial charge in [-0.1, -0.05) is 30.9 Å². The summed E-state index contributed by atoms with van der Waals surface area (Å²) in [6.45, 7) is 3.00. The van der Waals surface area contributed by atoms with E-state index in [4.69, 9.17) is 16.3 Å². The van der Waals surface area contributed by atoms with Crippen molar-refractivity contribution in [3.8, 4) is 0 Å². The molecule has 8 heteroatoms. The van der Waals surface area contributed by atoms with Crippen LogP contribution < -0.4 is 10.6 Å². The van der Waals surface area contributed by atoms with E-state index < -0.39 is 11.7 Å². The van der Waals surface area contributed by atoms with E-state index in [0.717, 1.165) is 30.9 Å². The molecule has 2 amide bonds. The molecule has 2 N–H and O–H groups in total. The topological polar surface area (TPSA) is 67.4 Å². The number of hydrogen-bond acceptors (Lipinski definition) is 4. The molecule has 0 aliphatic heterocycles. The van der Waals surface area contributed by atoms with Crippen molar-refractivity contribution in [2.75, 3.05) is 18.5 Å². The first-order valence-electron chi connectivity index (χ1n) is 10.2. The van der Waals surface area contributed by atoms with Gasteiger partial charge in [0.1, 0.15) is 5.82 Å². The summed E-state index contributed by atoms with van der Waals surface area (Å²) in [6.07, 6.45) is 7.19. The molecular formula is C22H26ClFN2O3S. The maximum Gasteiger partial charge on any atom is 0.261 e. The number of rotatable bonds is 8. The van der Waals surface area contributed by atoms with Crippen molar-refractivity contribution in [1.29, 1.82) is 0 Å². The van der Waals surface area contributed by atoms with Crippen molar-refractivity contribution in [2.45, 2.75) is 51.6 Å². The first kappa shape index (κ1) is 22.7. The van der Waals surface area contributed by atoms with E-state index in [9.17, 15) is 14.0 Å². The molecule has 1 fully saturated rings. The normalized spacial score (nSPS) is 14.5. The molecule has 1 aliphatic carbocycles. The highest BCUT2D eigenvalue weighted by atomic mass is 35.5. The predicted molar refractivity (Wildman–Crippen MR) is 118 cm³/mol. The zero-order valence-electron chi connectivity index (χ0n) is 16.9.